The van der Waals surface area contributed by atoms with Gasteiger partial charge in [-0.1, -0.05) is 31.8 Å². The Hall–Kier alpha value is -0.820. The summed E-state index contributed by atoms with van der Waals surface area (Å²) < 4.78 is 0. The molecule has 0 bridgehead atoms. The van der Waals surface area contributed by atoms with Crippen molar-refractivity contribution in [2.24, 2.45) is 5.92 Å². The molecule has 0 saturated heterocycles. The van der Waals surface area contributed by atoms with Crippen LogP contribution in [0.25, 0.3) is 0 Å². The molecule has 1 N–H and O–H groups in total. The van der Waals surface area contributed by atoms with Crippen LogP contribution in [0.5, 0.6) is 0 Å². The van der Waals surface area contributed by atoms with E-state index in [0.29, 0.717) is 12.0 Å². The molecule has 1 heterocycles. The molecular formula is C21H33N. The van der Waals surface area contributed by atoms with Gasteiger partial charge in [0.1, 0.15) is 0 Å². The van der Waals surface area contributed by atoms with Gasteiger partial charge in [0.05, 0.1) is 0 Å². The average Bonchev–Trinajstić information content (AvgIpc) is 2.55. The largest absolute Gasteiger partial charge is 0.309 e. The molecule has 1 saturated carbocycles. The van der Waals surface area contributed by atoms with Crippen LogP contribution in [0.15, 0.2) is 33.4 Å². The number of hydrogen-bond acceptors (Lipinski definition) is 1. The lowest BCUT2D eigenvalue weighted by Crippen LogP contribution is -2.44. The minimum Gasteiger partial charge on any atom is -0.309 e. The van der Waals surface area contributed by atoms with Gasteiger partial charge in [0, 0.05) is 18.5 Å². The van der Waals surface area contributed by atoms with Crippen molar-refractivity contribution in [3.05, 3.63) is 33.4 Å². The van der Waals surface area contributed by atoms with Crippen molar-refractivity contribution < 1.29 is 0 Å². The zero-order valence-corrected chi connectivity index (χ0v) is 15.0. The fraction of sp³-hybridized carbons (Fsp3) is 0.714. The topological polar surface area (TPSA) is 12.0 Å². The second-order valence-electron chi connectivity index (χ2n) is 7.57. The van der Waals surface area contributed by atoms with Gasteiger partial charge >= 0.3 is 0 Å². The predicted octanol–water partition coefficient (Wildman–Crippen LogP) is 5.69. The lowest BCUT2D eigenvalue weighted by atomic mass is 9.69. The van der Waals surface area contributed by atoms with Gasteiger partial charge in [-0.3, -0.25) is 0 Å². The Bertz CT molecular complexity index is 532. The summed E-state index contributed by atoms with van der Waals surface area (Å²) in [4.78, 5) is 0. The van der Waals surface area contributed by atoms with Gasteiger partial charge in [0.25, 0.3) is 0 Å². The van der Waals surface area contributed by atoms with Gasteiger partial charge in [0.15, 0.2) is 0 Å². The molecule has 2 atom stereocenters. The van der Waals surface area contributed by atoms with E-state index in [1.165, 1.54) is 51.4 Å². The van der Waals surface area contributed by atoms with E-state index in [1.54, 1.807) is 33.4 Å². The fourth-order valence-electron chi connectivity index (χ4n) is 4.89. The molecule has 1 fully saturated rings. The van der Waals surface area contributed by atoms with Gasteiger partial charge in [-0.25, -0.2) is 0 Å². The predicted molar refractivity (Wildman–Crippen MR) is 96.0 cm³/mol. The second kappa shape index (κ2) is 6.74. The first-order chi connectivity index (χ1) is 10.6. The van der Waals surface area contributed by atoms with Crippen LogP contribution in [0.2, 0.25) is 0 Å². The van der Waals surface area contributed by atoms with Crippen LogP contribution in [0.3, 0.4) is 0 Å². The Morgan fingerprint density at radius 2 is 1.86 bits per heavy atom. The minimum absolute atomic E-state index is 0.652. The van der Waals surface area contributed by atoms with Crippen LogP contribution in [-0.2, 0) is 0 Å². The van der Waals surface area contributed by atoms with Crippen molar-refractivity contribution in [2.75, 3.05) is 6.54 Å². The minimum atomic E-state index is 0.652. The summed E-state index contributed by atoms with van der Waals surface area (Å²) >= 11 is 0. The van der Waals surface area contributed by atoms with Crippen molar-refractivity contribution in [3.63, 3.8) is 0 Å². The normalized spacial score (nSPS) is 28.9. The lowest BCUT2D eigenvalue weighted by molar-refractivity contribution is 0.400. The fourth-order valence-corrected chi connectivity index (χ4v) is 4.89. The number of nitrogens with one attached hydrogen (secondary N) is 1. The highest BCUT2D eigenvalue weighted by atomic mass is 14.9. The molecule has 3 rings (SSSR count). The Morgan fingerprint density at radius 1 is 1.05 bits per heavy atom. The highest BCUT2D eigenvalue weighted by Crippen LogP contribution is 2.45. The molecule has 2 aliphatic carbocycles. The van der Waals surface area contributed by atoms with Gasteiger partial charge in [-0.2, -0.15) is 0 Å². The van der Waals surface area contributed by atoms with Crippen molar-refractivity contribution in [1.82, 2.24) is 5.32 Å². The maximum atomic E-state index is 3.84. The van der Waals surface area contributed by atoms with Crippen LogP contribution in [0.1, 0.15) is 79.1 Å². The molecule has 0 amide bonds. The van der Waals surface area contributed by atoms with E-state index in [-0.39, 0.29) is 0 Å². The monoisotopic (exact) mass is 299 g/mol. The Kier molecular flexibility index (Phi) is 4.92. The number of unbranched alkanes of at least 4 members (excludes halogenated alkanes) is 2. The summed E-state index contributed by atoms with van der Waals surface area (Å²) in [5, 5.41) is 3.84. The highest BCUT2D eigenvalue weighted by Gasteiger charge is 2.35. The smallest absolute Gasteiger partial charge is 0.0285 e. The SMILES string of the molecule is CCCCCC1=C(C)C2=C3CCCCC3NCC2C(C)=C1C. The third kappa shape index (κ3) is 2.73. The summed E-state index contributed by atoms with van der Waals surface area (Å²) in [6.45, 7) is 10.6. The summed E-state index contributed by atoms with van der Waals surface area (Å²) in [7, 11) is 0. The van der Waals surface area contributed by atoms with Crippen LogP contribution >= 0.6 is 0 Å². The molecule has 2 unspecified atom stereocenters. The van der Waals surface area contributed by atoms with E-state index in [9.17, 15) is 0 Å². The molecule has 122 valence electrons. The first-order valence-electron chi connectivity index (χ1n) is 9.49. The van der Waals surface area contributed by atoms with Crippen molar-refractivity contribution in [2.45, 2.75) is 85.1 Å². The van der Waals surface area contributed by atoms with Gasteiger partial charge in [0.2, 0.25) is 0 Å². The highest BCUT2D eigenvalue weighted by molar-refractivity contribution is 5.56. The Labute approximate surface area is 137 Å². The standard InChI is InChI=1S/C21H33N/c1-5-6-7-10-17-14(2)15(3)19-13-22-20-12-9-8-11-18(20)21(19)16(17)4/h19-20,22H,5-13H2,1-4H3. The summed E-state index contributed by atoms with van der Waals surface area (Å²) in [6, 6.07) is 0.679. The molecule has 22 heavy (non-hydrogen) atoms. The first-order valence-corrected chi connectivity index (χ1v) is 9.49. The van der Waals surface area contributed by atoms with E-state index in [0.717, 1.165) is 6.54 Å². The molecule has 1 aliphatic heterocycles. The van der Waals surface area contributed by atoms with Crippen molar-refractivity contribution in [3.8, 4) is 0 Å². The third-order valence-electron chi connectivity index (χ3n) is 6.33. The second-order valence-corrected chi connectivity index (χ2v) is 7.57. The molecule has 0 radical (unpaired) electrons. The number of fused-ring (bicyclic) bond motifs is 2. The molecular weight excluding hydrogens is 266 g/mol. The van der Waals surface area contributed by atoms with E-state index >= 15 is 0 Å². The van der Waals surface area contributed by atoms with E-state index in [4.69, 9.17) is 0 Å². The van der Waals surface area contributed by atoms with Crippen molar-refractivity contribution in [1.29, 1.82) is 0 Å². The van der Waals surface area contributed by atoms with E-state index in [1.807, 2.05) is 0 Å². The molecule has 0 spiro atoms. The van der Waals surface area contributed by atoms with Crippen LogP contribution in [-0.4, -0.2) is 12.6 Å². The summed E-state index contributed by atoms with van der Waals surface area (Å²) in [5.74, 6) is 0.652. The van der Waals surface area contributed by atoms with Gasteiger partial charge in [-0.05, 0) is 80.7 Å². The Morgan fingerprint density at radius 3 is 2.64 bits per heavy atom. The quantitative estimate of drug-likeness (QED) is 0.657. The summed E-state index contributed by atoms with van der Waals surface area (Å²) in [5.41, 5.74) is 10.1. The number of hydrogen-bond donors (Lipinski definition) is 1. The maximum Gasteiger partial charge on any atom is 0.0285 e. The van der Waals surface area contributed by atoms with Crippen LogP contribution < -0.4 is 5.32 Å². The molecule has 3 aliphatic rings. The number of allylic oxidation sites excluding steroid dienone is 3. The summed E-state index contributed by atoms with van der Waals surface area (Å²) in [6.07, 6.45) is 10.8. The van der Waals surface area contributed by atoms with E-state index in [2.05, 4.69) is 33.0 Å². The van der Waals surface area contributed by atoms with Gasteiger partial charge in [-0.15, -0.1) is 0 Å². The number of rotatable bonds is 4. The van der Waals surface area contributed by atoms with Crippen molar-refractivity contribution >= 4 is 0 Å². The molecule has 1 heteroatoms. The maximum absolute atomic E-state index is 3.84. The molecule has 0 aromatic carbocycles. The Balaban J connectivity index is 2.00. The molecule has 1 nitrogen and oxygen atoms in total. The van der Waals surface area contributed by atoms with Crippen LogP contribution in [0.4, 0.5) is 0 Å². The first kappa shape index (κ1) is 16.1. The zero-order chi connectivity index (χ0) is 15.7. The average molecular weight is 300 g/mol. The van der Waals surface area contributed by atoms with E-state index < -0.39 is 0 Å². The third-order valence-corrected chi connectivity index (χ3v) is 6.33. The van der Waals surface area contributed by atoms with Gasteiger partial charge < -0.3 is 5.32 Å². The molecule has 0 aromatic heterocycles. The lowest BCUT2D eigenvalue weighted by Gasteiger charge is -2.42. The zero-order valence-electron chi connectivity index (χ0n) is 15.0. The van der Waals surface area contributed by atoms with Crippen LogP contribution in [0, 0.1) is 5.92 Å². The molecule has 0 aromatic rings.